The van der Waals surface area contributed by atoms with E-state index >= 15 is 0 Å². The van der Waals surface area contributed by atoms with Crippen molar-refractivity contribution in [2.45, 2.75) is 47.6 Å². The first-order chi connectivity index (χ1) is 20.9. The average Bonchev–Trinajstić information content (AvgIpc) is 3.64. The van der Waals surface area contributed by atoms with Crippen LogP contribution >= 0.6 is 0 Å². The van der Waals surface area contributed by atoms with E-state index < -0.39 is 23.3 Å². The highest BCUT2D eigenvalue weighted by Gasteiger charge is 2.55. The Morgan fingerprint density at radius 3 is 2.39 bits per heavy atom. The van der Waals surface area contributed by atoms with Crippen LogP contribution in [0.15, 0.2) is 85.8 Å². The van der Waals surface area contributed by atoms with Crippen molar-refractivity contribution in [3.8, 4) is 0 Å². The number of hydrogen-bond acceptors (Lipinski definition) is 7. The van der Waals surface area contributed by atoms with Crippen molar-refractivity contribution in [3.63, 3.8) is 0 Å². The van der Waals surface area contributed by atoms with E-state index in [1.165, 1.54) is 19.8 Å². The fraction of sp³-hybridized carbons (Fsp3) is 0.333. The lowest BCUT2D eigenvalue weighted by atomic mass is 9.64. The van der Waals surface area contributed by atoms with Gasteiger partial charge < -0.3 is 19.8 Å². The molecule has 8 heteroatoms. The van der Waals surface area contributed by atoms with Crippen LogP contribution in [0, 0.1) is 24.2 Å². The summed E-state index contributed by atoms with van der Waals surface area (Å²) in [5.41, 5.74) is 9.65. The summed E-state index contributed by atoms with van der Waals surface area (Å²) in [7, 11) is 2.65. The lowest BCUT2D eigenvalue weighted by Crippen LogP contribution is -2.41. The maximum atomic E-state index is 13.5. The molecule has 0 radical (unpaired) electrons. The Morgan fingerprint density at radius 1 is 0.977 bits per heavy atom. The fourth-order valence-corrected chi connectivity index (χ4v) is 6.94. The number of esters is 2. The van der Waals surface area contributed by atoms with E-state index in [9.17, 15) is 9.59 Å². The smallest absolute Gasteiger partial charge is 0.334 e. The van der Waals surface area contributed by atoms with Gasteiger partial charge in [-0.2, -0.15) is 0 Å². The molecule has 5 aliphatic rings. The minimum absolute atomic E-state index is 0.00574. The minimum atomic E-state index is -1.00. The molecule has 2 N–H and O–H groups in total. The van der Waals surface area contributed by atoms with Crippen LogP contribution in [-0.2, 0) is 19.1 Å². The van der Waals surface area contributed by atoms with Crippen LogP contribution in [-0.4, -0.2) is 48.6 Å². The Hall–Kier alpha value is -4.72. The average molecular weight is 591 g/mol. The third kappa shape index (κ3) is 4.19. The summed E-state index contributed by atoms with van der Waals surface area (Å²) in [6, 6.07) is 0.00574. The molecule has 44 heavy (non-hydrogen) atoms. The van der Waals surface area contributed by atoms with E-state index in [1.807, 2.05) is 38.2 Å². The van der Waals surface area contributed by atoms with E-state index in [2.05, 4.69) is 56.7 Å². The molecule has 8 nitrogen and oxygen atoms in total. The SMILES string of the molecule is C=Cc1c(C)/c2[nH]/c1=C\C1=NC(=C\C3NC(=C(C)C3C)/C=C3N=C(/C=2)C2=CC=C(C(=O)OC)[C@@H](C(=O)OC)[C@]2\3C)/C(C)=C1C. The number of rotatable bonds is 3. The normalized spacial score (nSPS) is 31.0. The summed E-state index contributed by atoms with van der Waals surface area (Å²) in [5.74, 6) is -1.87. The molecule has 226 valence electrons. The van der Waals surface area contributed by atoms with E-state index in [-0.39, 0.29) is 17.5 Å². The first-order valence-electron chi connectivity index (χ1n) is 14.8. The van der Waals surface area contributed by atoms with Crippen LogP contribution in [0.4, 0.5) is 0 Å². The second kappa shape index (κ2) is 10.5. The summed E-state index contributed by atoms with van der Waals surface area (Å²) >= 11 is 0. The largest absolute Gasteiger partial charge is 0.469 e. The lowest BCUT2D eigenvalue weighted by molar-refractivity contribution is -0.150. The molecule has 1 aromatic rings. The number of aromatic nitrogens is 1. The van der Waals surface area contributed by atoms with Crippen molar-refractivity contribution in [1.29, 1.82) is 0 Å². The predicted octanol–water partition coefficient (Wildman–Crippen LogP) is 4.27. The van der Waals surface area contributed by atoms with Gasteiger partial charge in [-0.3, -0.25) is 9.79 Å². The maximum Gasteiger partial charge on any atom is 0.334 e. The summed E-state index contributed by atoms with van der Waals surface area (Å²) in [6.07, 6.45) is 13.7. The third-order valence-corrected chi connectivity index (χ3v) is 10.1. The third-order valence-electron chi connectivity index (χ3n) is 10.1. The topological polar surface area (TPSA) is 105 Å². The van der Waals surface area contributed by atoms with Gasteiger partial charge in [-0.25, -0.2) is 9.79 Å². The molecule has 4 aliphatic heterocycles. The number of carbonyl (C=O) groups excluding carboxylic acids is 2. The highest BCUT2D eigenvalue weighted by molar-refractivity contribution is 6.25. The van der Waals surface area contributed by atoms with Gasteiger partial charge in [0.25, 0.3) is 0 Å². The van der Waals surface area contributed by atoms with E-state index in [1.54, 1.807) is 6.08 Å². The zero-order valence-electron chi connectivity index (χ0n) is 26.5. The molecule has 5 heterocycles. The lowest BCUT2D eigenvalue weighted by Gasteiger charge is -2.37. The number of allylic oxidation sites excluding steroid dienone is 6. The molecular weight excluding hydrogens is 552 g/mol. The number of fused-ring (bicyclic) bond motifs is 9. The second-order valence-electron chi connectivity index (χ2n) is 12.2. The van der Waals surface area contributed by atoms with Gasteiger partial charge in [0, 0.05) is 27.9 Å². The molecule has 0 spiro atoms. The standard InChI is InChI=1S/C36H38N4O4/c1-10-22-21(6)28-15-31-24-12-11-23(34(41)43-8)33(35(42)44-9)36(24,7)32(40-31)16-29-20(5)19(4)26(38-29)13-25-17(2)18(3)27(37-25)14-30(22)39-28/h10-16,19,26,33,38-39H,1H2,2-9H3/b25-13-,28-15+,30-14-,32-16-/t19?,26?,33-,36+/m0/s1. The molecule has 0 saturated carbocycles. The van der Waals surface area contributed by atoms with Gasteiger partial charge in [-0.1, -0.05) is 31.7 Å². The van der Waals surface area contributed by atoms with Gasteiger partial charge in [0.05, 0.1) is 54.1 Å². The van der Waals surface area contributed by atoms with Crippen molar-refractivity contribution < 1.29 is 19.1 Å². The Morgan fingerprint density at radius 2 is 1.70 bits per heavy atom. The number of nitrogens with one attached hydrogen (secondary N) is 2. The van der Waals surface area contributed by atoms with Gasteiger partial charge in [0.2, 0.25) is 0 Å². The molecule has 8 bridgehead atoms. The molecular formula is C36H38N4O4. The molecule has 2 unspecified atom stereocenters. The molecule has 4 atom stereocenters. The molecule has 0 saturated heterocycles. The monoisotopic (exact) mass is 590 g/mol. The van der Waals surface area contributed by atoms with Crippen molar-refractivity contribution >= 4 is 41.6 Å². The number of hydrogen-bond donors (Lipinski definition) is 2. The van der Waals surface area contributed by atoms with Crippen LogP contribution < -0.4 is 16.0 Å². The molecule has 6 rings (SSSR count). The fourth-order valence-electron chi connectivity index (χ4n) is 6.94. The number of methoxy groups -OCH3 is 2. The van der Waals surface area contributed by atoms with Gasteiger partial charge in [0.15, 0.2) is 0 Å². The van der Waals surface area contributed by atoms with Crippen molar-refractivity contribution in [2.75, 3.05) is 14.2 Å². The van der Waals surface area contributed by atoms with Crippen LogP contribution in [0.3, 0.4) is 0 Å². The summed E-state index contributed by atoms with van der Waals surface area (Å²) < 4.78 is 10.4. The first kappa shape index (κ1) is 29.4. The van der Waals surface area contributed by atoms with Crippen molar-refractivity contribution in [1.82, 2.24) is 10.3 Å². The number of aliphatic imine (C=N–C) groups is 2. The quantitative estimate of drug-likeness (QED) is 0.512. The first-order valence-corrected chi connectivity index (χ1v) is 14.8. The van der Waals surface area contributed by atoms with E-state index in [4.69, 9.17) is 19.5 Å². The van der Waals surface area contributed by atoms with Gasteiger partial charge in [0.1, 0.15) is 5.92 Å². The molecule has 0 fully saturated rings. The molecule has 1 aliphatic carbocycles. The molecule has 1 aromatic heterocycles. The van der Waals surface area contributed by atoms with Crippen LogP contribution in [0.1, 0.15) is 45.7 Å². The highest BCUT2D eigenvalue weighted by atomic mass is 16.5. The zero-order valence-corrected chi connectivity index (χ0v) is 26.5. The maximum absolute atomic E-state index is 13.5. The van der Waals surface area contributed by atoms with E-state index in [0.29, 0.717) is 11.4 Å². The Balaban J connectivity index is 1.68. The summed E-state index contributed by atoms with van der Waals surface area (Å²) in [6.45, 7) is 16.6. The van der Waals surface area contributed by atoms with Crippen LogP contribution in [0.25, 0.3) is 18.2 Å². The van der Waals surface area contributed by atoms with Crippen LogP contribution in [0.2, 0.25) is 0 Å². The summed E-state index contributed by atoms with van der Waals surface area (Å²) in [4.78, 5) is 40.3. The number of nitrogens with zero attached hydrogens (tertiary/aromatic N) is 2. The second-order valence-corrected chi connectivity index (χ2v) is 12.2. The van der Waals surface area contributed by atoms with Gasteiger partial charge in [-0.05, 0) is 86.8 Å². The van der Waals surface area contributed by atoms with Crippen LogP contribution in [0.5, 0.6) is 0 Å². The van der Waals surface area contributed by atoms with Gasteiger partial charge in [-0.15, -0.1) is 0 Å². The highest BCUT2D eigenvalue weighted by Crippen LogP contribution is 2.54. The minimum Gasteiger partial charge on any atom is -0.469 e. The zero-order chi connectivity index (χ0) is 31.7. The molecule has 0 amide bonds. The Bertz CT molecular complexity index is 1940. The number of carbonyl (C=O) groups is 2. The Kier molecular flexibility index (Phi) is 6.99. The predicted molar refractivity (Wildman–Crippen MR) is 174 cm³/mol. The van der Waals surface area contributed by atoms with Crippen molar-refractivity contribution in [3.05, 3.63) is 97.7 Å². The number of H-pyrrole nitrogens is 1. The number of aromatic amines is 1. The van der Waals surface area contributed by atoms with Gasteiger partial charge >= 0.3 is 11.9 Å². The van der Waals surface area contributed by atoms with E-state index in [0.717, 1.165) is 55.7 Å². The summed E-state index contributed by atoms with van der Waals surface area (Å²) in [5, 5.41) is 5.48. The molecule has 0 aromatic carbocycles. The number of ether oxygens (including phenoxy) is 2. The van der Waals surface area contributed by atoms with Crippen molar-refractivity contribution in [2.24, 2.45) is 27.2 Å². The Labute approximate surface area is 257 Å².